The molecule has 0 unspecified atom stereocenters. The molecule has 0 atom stereocenters. The van der Waals surface area contributed by atoms with Crippen molar-refractivity contribution < 1.29 is 4.39 Å². The molecule has 6 nitrogen and oxygen atoms in total. The van der Waals surface area contributed by atoms with Crippen molar-refractivity contribution in [3.63, 3.8) is 0 Å². The van der Waals surface area contributed by atoms with Gasteiger partial charge >= 0.3 is 0 Å². The third-order valence-corrected chi connectivity index (χ3v) is 5.27. The zero-order valence-corrected chi connectivity index (χ0v) is 15.2. The van der Waals surface area contributed by atoms with Crippen molar-refractivity contribution in [3.05, 3.63) is 53.5 Å². The molecule has 0 aromatic carbocycles. The molecule has 3 aliphatic rings. The fourth-order valence-corrected chi connectivity index (χ4v) is 3.73. The molecule has 0 bridgehead atoms. The smallest absolute Gasteiger partial charge is 0.205 e. The van der Waals surface area contributed by atoms with E-state index in [0.717, 1.165) is 63.0 Å². The Labute approximate surface area is 153 Å². The van der Waals surface area contributed by atoms with Crippen LogP contribution in [0, 0.1) is 5.82 Å². The number of halogens is 1. The maximum absolute atomic E-state index is 13.8. The van der Waals surface area contributed by atoms with Crippen LogP contribution in [0.5, 0.6) is 0 Å². The Morgan fingerprint density at radius 3 is 2.81 bits per heavy atom. The predicted molar refractivity (Wildman–Crippen MR) is 99.6 cm³/mol. The predicted octanol–water partition coefficient (Wildman–Crippen LogP) is 1.75. The minimum absolute atomic E-state index is 0.232. The molecule has 1 N–H and O–H groups in total. The lowest BCUT2D eigenvalue weighted by atomic mass is 10.0. The number of aromatic nitrogens is 1. The standard InChI is InChI=1S/C19H25FN6/c1-14-15-5-4-8-24(2)18(15)23-19(22-14)26-11-9-25(10-12-26)13-17-16(20)6-3-7-21-17/h3,6-7H,1,4-5,8-13H2,2H3,(H,22,23). The van der Waals surface area contributed by atoms with Crippen LogP contribution in [0.4, 0.5) is 4.39 Å². The van der Waals surface area contributed by atoms with Crippen LogP contribution in [-0.4, -0.2) is 65.4 Å². The van der Waals surface area contributed by atoms with E-state index in [1.54, 1.807) is 12.3 Å². The first kappa shape index (κ1) is 17.0. The minimum atomic E-state index is -0.232. The largest absolute Gasteiger partial charge is 0.359 e. The van der Waals surface area contributed by atoms with Gasteiger partial charge in [-0.15, -0.1) is 0 Å². The van der Waals surface area contributed by atoms with Gasteiger partial charge in [-0.3, -0.25) is 9.88 Å². The molecule has 1 fully saturated rings. The average Bonchev–Trinajstić information content (AvgIpc) is 2.65. The molecule has 0 aliphatic carbocycles. The van der Waals surface area contributed by atoms with E-state index in [4.69, 9.17) is 4.99 Å². The third kappa shape index (κ3) is 3.31. The summed E-state index contributed by atoms with van der Waals surface area (Å²) in [5.74, 6) is 1.70. The van der Waals surface area contributed by atoms with Crippen LogP contribution >= 0.6 is 0 Å². The number of rotatable bonds is 2. The fraction of sp³-hybridized carbons (Fsp3) is 0.474. The first-order valence-corrected chi connectivity index (χ1v) is 9.18. The van der Waals surface area contributed by atoms with E-state index < -0.39 is 0 Å². The van der Waals surface area contributed by atoms with Crippen LogP contribution < -0.4 is 5.32 Å². The SMILES string of the molecule is C=C1NC(N2CCN(Cc3ncccc3F)CC2)=NC2=C1CCCN2C. The second kappa shape index (κ2) is 7.07. The summed E-state index contributed by atoms with van der Waals surface area (Å²) in [5, 5.41) is 3.39. The second-order valence-electron chi connectivity index (χ2n) is 7.06. The molecule has 0 amide bonds. The van der Waals surface area contributed by atoms with Gasteiger partial charge in [-0.05, 0) is 25.0 Å². The van der Waals surface area contributed by atoms with Crippen molar-refractivity contribution in [1.82, 2.24) is 25.0 Å². The van der Waals surface area contributed by atoms with Crippen LogP contribution in [0.3, 0.4) is 0 Å². The number of hydrogen-bond acceptors (Lipinski definition) is 6. The van der Waals surface area contributed by atoms with Gasteiger partial charge in [-0.1, -0.05) is 6.58 Å². The molecule has 0 radical (unpaired) electrons. The Bertz CT molecular complexity index is 763. The van der Waals surface area contributed by atoms with Gasteiger partial charge in [0.15, 0.2) is 0 Å². The highest BCUT2D eigenvalue weighted by Crippen LogP contribution is 2.29. The fourth-order valence-electron chi connectivity index (χ4n) is 3.73. The lowest BCUT2D eigenvalue weighted by molar-refractivity contribution is 0.169. The Morgan fingerprint density at radius 1 is 1.23 bits per heavy atom. The van der Waals surface area contributed by atoms with Crippen molar-refractivity contribution in [2.45, 2.75) is 19.4 Å². The summed E-state index contributed by atoms with van der Waals surface area (Å²) in [5.41, 5.74) is 2.71. The molecular weight excluding hydrogens is 331 g/mol. The van der Waals surface area contributed by atoms with Crippen molar-refractivity contribution >= 4 is 5.96 Å². The number of pyridine rings is 1. The lowest BCUT2D eigenvalue weighted by Gasteiger charge is -2.39. The molecule has 3 aliphatic heterocycles. The minimum Gasteiger partial charge on any atom is -0.359 e. The van der Waals surface area contributed by atoms with Gasteiger partial charge in [0.05, 0.1) is 5.69 Å². The third-order valence-electron chi connectivity index (χ3n) is 5.27. The Hall–Kier alpha value is -2.41. The molecule has 1 aromatic heterocycles. The molecular formula is C19H25FN6. The Balaban J connectivity index is 1.41. The van der Waals surface area contributed by atoms with E-state index in [0.29, 0.717) is 12.2 Å². The number of piperazine rings is 1. The molecule has 0 spiro atoms. The van der Waals surface area contributed by atoms with Crippen molar-refractivity contribution in [2.75, 3.05) is 39.8 Å². The summed E-state index contributed by atoms with van der Waals surface area (Å²) in [6.45, 7) is 9.17. The normalized spacial score (nSPS) is 21.5. The molecule has 26 heavy (non-hydrogen) atoms. The van der Waals surface area contributed by atoms with Gasteiger partial charge in [-0.25, -0.2) is 4.39 Å². The molecule has 1 aromatic rings. The topological polar surface area (TPSA) is 47.0 Å². The van der Waals surface area contributed by atoms with E-state index in [2.05, 4.69) is 38.6 Å². The molecule has 7 heteroatoms. The Kier molecular flexibility index (Phi) is 4.63. The first-order valence-electron chi connectivity index (χ1n) is 9.18. The zero-order valence-electron chi connectivity index (χ0n) is 15.2. The van der Waals surface area contributed by atoms with Gasteiger partial charge in [0.1, 0.15) is 11.6 Å². The monoisotopic (exact) mass is 356 g/mol. The number of aliphatic imine (C=N–C) groups is 1. The van der Waals surface area contributed by atoms with E-state index in [-0.39, 0.29) is 5.82 Å². The summed E-state index contributed by atoms with van der Waals surface area (Å²) in [4.78, 5) is 15.7. The van der Waals surface area contributed by atoms with E-state index in [1.165, 1.54) is 11.6 Å². The summed E-state index contributed by atoms with van der Waals surface area (Å²) < 4.78 is 13.8. The second-order valence-corrected chi connectivity index (χ2v) is 7.06. The average molecular weight is 356 g/mol. The Morgan fingerprint density at radius 2 is 2.04 bits per heavy atom. The van der Waals surface area contributed by atoms with Crippen molar-refractivity contribution in [2.24, 2.45) is 4.99 Å². The lowest BCUT2D eigenvalue weighted by Crippen LogP contribution is -2.53. The first-order chi connectivity index (χ1) is 12.6. The molecule has 0 saturated carbocycles. The molecule has 1 saturated heterocycles. The van der Waals surface area contributed by atoms with E-state index in [1.807, 2.05) is 0 Å². The highest BCUT2D eigenvalue weighted by atomic mass is 19.1. The van der Waals surface area contributed by atoms with E-state index in [9.17, 15) is 4.39 Å². The number of hydrogen-bond donors (Lipinski definition) is 1. The van der Waals surface area contributed by atoms with Gasteiger partial charge in [-0.2, -0.15) is 4.99 Å². The van der Waals surface area contributed by atoms with Crippen molar-refractivity contribution in [3.8, 4) is 0 Å². The van der Waals surface area contributed by atoms with Gasteiger partial charge in [0, 0.05) is 63.8 Å². The van der Waals surface area contributed by atoms with Gasteiger partial charge < -0.3 is 15.1 Å². The van der Waals surface area contributed by atoms with E-state index >= 15 is 0 Å². The number of nitrogens with zero attached hydrogens (tertiary/aromatic N) is 5. The van der Waals surface area contributed by atoms with Crippen LogP contribution in [0.1, 0.15) is 18.5 Å². The molecule has 4 rings (SSSR count). The summed E-state index contributed by atoms with van der Waals surface area (Å²) in [7, 11) is 2.09. The summed E-state index contributed by atoms with van der Waals surface area (Å²) in [6, 6.07) is 3.10. The quantitative estimate of drug-likeness (QED) is 0.875. The molecule has 4 heterocycles. The van der Waals surface area contributed by atoms with Crippen LogP contribution in [-0.2, 0) is 6.54 Å². The number of allylic oxidation sites excluding steroid dienone is 1. The summed E-state index contributed by atoms with van der Waals surface area (Å²) in [6.07, 6.45) is 3.82. The van der Waals surface area contributed by atoms with Crippen LogP contribution in [0.2, 0.25) is 0 Å². The highest BCUT2D eigenvalue weighted by Gasteiger charge is 2.28. The number of guanidine groups is 1. The van der Waals surface area contributed by atoms with Gasteiger partial charge in [0.25, 0.3) is 0 Å². The zero-order chi connectivity index (χ0) is 18.1. The van der Waals surface area contributed by atoms with Crippen LogP contribution in [0.15, 0.2) is 47.0 Å². The maximum atomic E-state index is 13.8. The highest BCUT2D eigenvalue weighted by molar-refractivity contribution is 5.85. The van der Waals surface area contributed by atoms with Crippen LogP contribution in [0.25, 0.3) is 0 Å². The number of nitrogens with one attached hydrogen (secondary N) is 1. The van der Waals surface area contributed by atoms with Gasteiger partial charge in [0.2, 0.25) is 5.96 Å². The van der Waals surface area contributed by atoms with Crippen molar-refractivity contribution in [1.29, 1.82) is 0 Å². The maximum Gasteiger partial charge on any atom is 0.205 e. The molecule has 138 valence electrons. The summed E-state index contributed by atoms with van der Waals surface area (Å²) >= 11 is 0.